The van der Waals surface area contributed by atoms with Crippen molar-refractivity contribution in [3.8, 4) is 0 Å². The second kappa shape index (κ2) is 14.5. The number of hydrogen-bond donors (Lipinski definition) is 3. The summed E-state index contributed by atoms with van der Waals surface area (Å²) >= 11 is 0. The van der Waals surface area contributed by atoms with Gasteiger partial charge in [0, 0.05) is 37.8 Å². The summed E-state index contributed by atoms with van der Waals surface area (Å²) in [5.41, 5.74) is 11.8. The van der Waals surface area contributed by atoms with E-state index in [4.69, 9.17) is 4.74 Å². The van der Waals surface area contributed by atoms with Gasteiger partial charge in [0.05, 0.1) is 18.5 Å². The van der Waals surface area contributed by atoms with Crippen LogP contribution in [-0.4, -0.2) is 36.9 Å². The molecule has 1 aromatic rings. The third kappa shape index (κ3) is 8.73. The highest BCUT2D eigenvalue weighted by molar-refractivity contribution is 6.08. The third-order valence-corrected chi connectivity index (χ3v) is 4.46. The lowest BCUT2D eigenvalue weighted by Crippen LogP contribution is -2.29. The molecule has 0 bridgehead atoms. The van der Waals surface area contributed by atoms with Crippen LogP contribution in [0.15, 0.2) is 83.0 Å². The lowest BCUT2D eigenvalue weighted by Gasteiger charge is -2.17. The van der Waals surface area contributed by atoms with Crippen LogP contribution in [0.5, 0.6) is 0 Å². The molecule has 0 saturated carbocycles. The van der Waals surface area contributed by atoms with Crippen molar-refractivity contribution in [3.05, 3.63) is 83.7 Å². The second-order valence-electron chi connectivity index (χ2n) is 6.98. The number of nitrogens with zero attached hydrogens (tertiary/aromatic N) is 3. The van der Waals surface area contributed by atoms with Crippen LogP contribution in [0.25, 0.3) is 5.57 Å². The van der Waals surface area contributed by atoms with Gasteiger partial charge >= 0.3 is 0 Å². The summed E-state index contributed by atoms with van der Waals surface area (Å²) in [7, 11) is 3.48. The number of aromatic nitrogens is 2. The van der Waals surface area contributed by atoms with Crippen LogP contribution in [0.2, 0.25) is 0 Å². The fraction of sp³-hybridized carbons (Fsp3) is 0.320. The smallest absolute Gasteiger partial charge is 0.223 e. The normalized spacial score (nSPS) is 13.3. The molecular formula is C25H36N6O. The largest absolute Gasteiger partial charge is 0.497 e. The zero-order chi connectivity index (χ0) is 23.9. The molecule has 3 N–H and O–H groups in total. The number of ether oxygens (including phenoxy) is 1. The minimum atomic E-state index is 0.531. The topological polar surface area (TPSA) is 83.5 Å². The van der Waals surface area contributed by atoms with Gasteiger partial charge in [-0.25, -0.2) is 15.4 Å². The molecule has 0 saturated heterocycles. The van der Waals surface area contributed by atoms with Gasteiger partial charge in [-0.1, -0.05) is 32.2 Å². The Hall–Kier alpha value is -3.45. The van der Waals surface area contributed by atoms with Crippen molar-refractivity contribution in [2.24, 2.45) is 4.99 Å². The number of hydrazine groups is 1. The summed E-state index contributed by atoms with van der Waals surface area (Å²) in [4.78, 5) is 13.0. The van der Waals surface area contributed by atoms with Crippen molar-refractivity contribution in [1.82, 2.24) is 20.8 Å². The van der Waals surface area contributed by atoms with Gasteiger partial charge in [-0.2, -0.15) is 0 Å². The average molecular weight is 437 g/mol. The Bertz CT molecular complexity index is 938. The van der Waals surface area contributed by atoms with E-state index in [0.29, 0.717) is 12.5 Å². The van der Waals surface area contributed by atoms with Crippen LogP contribution in [0.3, 0.4) is 0 Å². The molecule has 0 radical (unpaired) electrons. The van der Waals surface area contributed by atoms with Gasteiger partial charge in [0.2, 0.25) is 5.95 Å². The molecule has 32 heavy (non-hydrogen) atoms. The van der Waals surface area contributed by atoms with Gasteiger partial charge in [-0.3, -0.25) is 4.99 Å². The SMILES string of the molecule is C=C(C)\C(=C/C=C(C)/C(NNC)=C(/CC)CNc1nccc(C(=C)C=N/C=C\C)n1)OC. The molecule has 0 aliphatic heterocycles. The minimum absolute atomic E-state index is 0.531. The number of aliphatic imine (C=N–C) groups is 1. The number of rotatable bonds is 13. The molecule has 0 amide bonds. The average Bonchev–Trinajstić information content (AvgIpc) is 2.79. The summed E-state index contributed by atoms with van der Waals surface area (Å²) in [5, 5.41) is 3.32. The van der Waals surface area contributed by atoms with Crippen molar-refractivity contribution in [1.29, 1.82) is 0 Å². The Balaban J connectivity index is 3.11. The molecule has 0 aliphatic rings. The Kier molecular flexibility index (Phi) is 12.1. The Morgan fingerprint density at radius 1 is 1.25 bits per heavy atom. The molecule has 0 aliphatic carbocycles. The summed E-state index contributed by atoms with van der Waals surface area (Å²) in [6.45, 7) is 16.5. The van der Waals surface area contributed by atoms with E-state index in [1.54, 1.807) is 25.7 Å². The highest BCUT2D eigenvalue weighted by atomic mass is 16.5. The highest BCUT2D eigenvalue weighted by Gasteiger charge is 2.09. The van der Waals surface area contributed by atoms with Gasteiger partial charge in [-0.15, -0.1) is 0 Å². The Morgan fingerprint density at radius 2 is 2.00 bits per heavy atom. The zero-order valence-corrected chi connectivity index (χ0v) is 20.1. The van der Waals surface area contributed by atoms with E-state index in [2.05, 4.69) is 51.2 Å². The molecule has 172 valence electrons. The molecule has 1 aromatic heterocycles. The summed E-state index contributed by atoms with van der Waals surface area (Å²) in [5.74, 6) is 1.27. The van der Waals surface area contributed by atoms with Crippen LogP contribution < -0.4 is 16.2 Å². The molecule has 0 aromatic carbocycles. The maximum absolute atomic E-state index is 5.37. The quantitative estimate of drug-likeness (QED) is 0.176. The Labute approximate surface area is 192 Å². The van der Waals surface area contributed by atoms with Crippen molar-refractivity contribution in [2.45, 2.75) is 34.1 Å². The van der Waals surface area contributed by atoms with Crippen LogP contribution in [-0.2, 0) is 4.74 Å². The van der Waals surface area contributed by atoms with Crippen molar-refractivity contribution in [2.75, 3.05) is 26.0 Å². The van der Waals surface area contributed by atoms with E-state index in [1.807, 2.05) is 52.1 Å². The van der Waals surface area contributed by atoms with E-state index in [0.717, 1.165) is 40.3 Å². The molecule has 1 heterocycles. The number of allylic oxidation sites excluding steroid dienone is 6. The lowest BCUT2D eigenvalue weighted by molar-refractivity contribution is 0.301. The van der Waals surface area contributed by atoms with Crippen LogP contribution in [0.1, 0.15) is 39.8 Å². The van der Waals surface area contributed by atoms with E-state index in [-0.39, 0.29) is 0 Å². The van der Waals surface area contributed by atoms with E-state index in [9.17, 15) is 0 Å². The van der Waals surface area contributed by atoms with Gasteiger partial charge in [0.15, 0.2) is 0 Å². The molecular weight excluding hydrogens is 400 g/mol. The fourth-order valence-electron chi connectivity index (χ4n) is 2.74. The first-order valence-corrected chi connectivity index (χ1v) is 10.5. The van der Waals surface area contributed by atoms with E-state index < -0.39 is 0 Å². The van der Waals surface area contributed by atoms with E-state index in [1.165, 1.54) is 5.57 Å². The van der Waals surface area contributed by atoms with Crippen LogP contribution in [0.4, 0.5) is 5.95 Å². The highest BCUT2D eigenvalue weighted by Crippen LogP contribution is 2.17. The van der Waals surface area contributed by atoms with Crippen LogP contribution >= 0.6 is 0 Å². The van der Waals surface area contributed by atoms with Gasteiger partial charge in [-0.05, 0) is 56.1 Å². The van der Waals surface area contributed by atoms with Crippen molar-refractivity contribution in [3.63, 3.8) is 0 Å². The first kappa shape index (κ1) is 26.6. The molecule has 1 rings (SSSR count). The number of anilines is 1. The van der Waals surface area contributed by atoms with Gasteiger partial charge < -0.3 is 15.5 Å². The van der Waals surface area contributed by atoms with Crippen molar-refractivity contribution < 1.29 is 4.74 Å². The second-order valence-corrected chi connectivity index (χ2v) is 6.98. The third-order valence-electron chi connectivity index (χ3n) is 4.46. The van der Waals surface area contributed by atoms with Crippen LogP contribution in [0, 0.1) is 0 Å². The molecule has 0 spiro atoms. The maximum Gasteiger partial charge on any atom is 0.223 e. The molecule has 7 nitrogen and oxygen atoms in total. The van der Waals surface area contributed by atoms with E-state index >= 15 is 0 Å². The summed E-state index contributed by atoms with van der Waals surface area (Å²) in [6, 6.07) is 1.81. The first-order valence-electron chi connectivity index (χ1n) is 10.5. The predicted molar refractivity (Wildman–Crippen MR) is 136 cm³/mol. The van der Waals surface area contributed by atoms with Gasteiger partial charge in [0.25, 0.3) is 0 Å². The monoisotopic (exact) mass is 436 g/mol. The molecule has 0 fully saturated rings. The number of methoxy groups -OCH3 is 1. The summed E-state index contributed by atoms with van der Waals surface area (Å²) in [6.07, 6.45) is 11.7. The first-order chi connectivity index (χ1) is 15.4. The minimum Gasteiger partial charge on any atom is -0.497 e. The van der Waals surface area contributed by atoms with Gasteiger partial charge in [0.1, 0.15) is 5.76 Å². The molecule has 7 heteroatoms. The predicted octanol–water partition coefficient (Wildman–Crippen LogP) is 4.95. The Morgan fingerprint density at radius 3 is 2.59 bits per heavy atom. The standard InChI is InChI=1S/C25H36N6O/c1-9-14-27-16-20(6)22-13-15-28-25(30-22)29-17-21(10-2)24(31-26-7)19(5)11-12-23(32-8)18(3)4/h9,11-16,26,31H,3,6,10,17H2,1-2,4-5,7-8H3,(H,28,29,30)/b14-9-,19-11+,23-12+,24-21+,27-16?. The lowest BCUT2D eigenvalue weighted by atomic mass is 10.0. The fourth-order valence-corrected chi connectivity index (χ4v) is 2.74. The molecule has 0 unspecified atom stereocenters. The zero-order valence-electron chi connectivity index (χ0n) is 20.1. The summed E-state index contributed by atoms with van der Waals surface area (Å²) < 4.78 is 5.37. The molecule has 0 atom stereocenters. The number of hydrogen-bond acceptors (Lipinski definition) is 7. The van der Waals surface area contributed by atoms with Crippen molar-refractivity contribution >= 4 is 17.7 Å². The number of nitrogens with one attached hydrogen (secondary N) is 3. The maximum atomic E-state index is 5.37.